The lowest BCUT2D eigenvalue weighted by Crippen LogP contribution is -2.40. The van der Waals surface area contributed by atoms with Gasteiger partial charge in [0, 0.05) is 5.41 Å². The summed E-state index contributed by atoms with van der Waals surface area (Å²) in [5, 5.41) is 0. The van der Waals surface area contributed by atoms with E-state index in [1.807, 2.05) is 0 Å². The lowest BCUT2D eigenvalue weighted by molar-refractivity contribution is 0.331. The van der Waals surface area contributed by atoms with Crippen LogP contribution in [0.1, 0.15) is 13.3 Å². The largest absolute Gasteiger partial charge is 0.270 e. The Labute approximate surface area is 59.9 Å². The highest BCUT2D eigenvalue weighted by Crippen LogP contribution is 2.50. The fourth-order valence-electron chi connectivity index (χ4n) is 1.05. The third-order valence-electron chi connectivity index (χ3n) is 2.17. The number of nitrogens with two attached hydrogens (primary N) is 1. The van der Waals surface area contributed by atoms with Gasteiger partial charge in [0.25, 0.3) is 0 Å². The van der Waals surface area contributed by atoms with E-state index < -0.39 is 11.6 Å². The third-order valence-corrected chi connectivity index (χ3v) is 2.17. The van der Waals surface area contributed by atoms with Crippen LogP contribution in [0.25, 0.3) is 0 Å². The first-order chi connectivity index (χ1) is 4.65. The zero-order chi connectivity index (χ0) is 7.78. The minimum atomic E-state index is -0.787. The Bertz CT molecular complexity index is 175. The molecule has 1 fully saturated rings. The molecule has 3 N–H and O–H groups in total. The molecule has 0 amide bonds. The Hall–Kier alpha value is -0.590. The average Bonchev–Trinajstić information content (AvgIpc) is 2.44. The lowest BCUT2D eigenvalue weighted by atomic mass is 10.0. The van der Waals surface area contributed by atoms with Crippen LogP contribution >= 0.6 is 0 Å². The second-order valence-electron chi connectivity index (χ2n) is 2.94. The van der Waals surface area contributed by atoms with E-state index in [0.29, 0.717) is 6.42 Å². The first-order valence-corrected chi connectivity index (χ1v) is 3.21. The topological polar surface area (TPSA) is 38.0 Å². The van der Waals surface area contributed by atoms with Crippen LogP contribution in [0.2, 0.25) is 0 Å². The summed E-state index contributed by atoms with van der Waals surface area (Å²) >= 11 is 0. The molecule has 0 aromatic heterocycles. The van der Waals surface area contributed by atoms with Gasteiger partial charge >= 0.3 is 0 Å². The van der Waals surface area contributed by atoms with Crippen molar-refractivity contribution in [1.82, 2.24) is 5.43 Å². The molecule has 10 heavy (non-hydrogen) atoms. The second-order valence-corrected chi connectivity index (χ2v) is 2.94. The summed E-state index contributed by atoms with van der Waals surface area (Å²) in [7, 11) is 0. The molecule has 3 unspecified atom stereocenters. The van der Waals surface area contributed by atoms with Crippen molar-refractivity contribution < 1.29 is 4.39 Å². The van der Waals surface area contributed by atoms with E-state index in [1.165, 1.54) is 0 Å². The first-order valence-electron chi connectivity index (χ1n) is 3.21. The Morgan fingerprint density at radius 3 is 2.60 bits per heavy atom. The molecule has 3 heteroatoms. The first kappa shape index (κ1) is 7.52. The maximum absolute atomic E-state index is 12.6. The van der Waals surface area contributed by atoms with Gasteiger partial charge in [-0.15, -0.1) is 6.42 Å². The van der Waals surface area contributed by atoms with Crippen LogP contribution in [0.3, 0.4) is 0 Å². The number of alkyl halides is 1. The number of rotatable bonds is 2. The number of halogens is 1. The quantitative estimate of drug-likeness (QED) is 0.328. The molecule has 0 aromatic carbocycles. The van der Waals surface area contributed by atoms with Gasteiger partial charge in [-0.2, -0.15) is 0 Å². The van der Waals surface area contributed by atoms with E-state index in [4.69, 9.17) is 12.3 Å². The average molecular weight is 142 g/mol. The van der Waals surface area contributed by atoms with Crippen molar-refractivity contribution in [2.24, 2.45) is 11.3 Å². The van der Waals surface area contributed by atoms with Crippen LogP contribution in [0.5, 0.6) is 0 Å². The minimum absolute atomic E-state index is 0.331. The molecule has 1 saturated carbocycles. The van der Waals surface area contributed by atoms with Gasteiger partial charge in [0.15, 0.2) is 0 Å². The van der Waals surface area contributed by atoms with E-state index >= 15 is 0 Å². The normalized spacial score (nSPS) is 40.4. The Morgan fingerprint density at radius 2 is 2.50 bits per heavy atom. The fraction of sp³-hybridized carbons (Fsp3) is 0.714. The highest BCUT2D eigenvalue weighted by atomic mass is 19.1. The van der Waals surface area contributed by atoms with Gasteiger partial charge in [0.1, 0.15) is 6.17 Å². The summed E-state index contributed by atoms with van der Waals surface area (Å²) in [4.78, 5) is 0. The van der Waals surface area contributed by atoms with Crippen molar-refractivity contribution in [1.29, 1.82) is 0 Å². The second kappa shape index (κ2) is 2.22. The predicted octanol–water partition coefficient (Wildman–Crippen LogP) is 0.200. The number of terminal acetylenes is 1. The van der Waals surface area contributed by atoms with Gasteiger partial charge in [-0.05, 0) is 6.42 Å². The summed E-state index contributed by atoms with van der Waals surface area (Å²) in [5.41, 5.74) is 2.00. The predicted molar refractivity (Wildman–Crippen MR) is 37.6 cm³/mol. The van der Waals surface area contributed by atoms with E-state index in [2.05, 4.69) is 11.3 Å². The molecular weight excluding hydrogens is 131 g/mol. The van der Waals surface area contributed by atoms with Crippen LogP contribution in [0.15, 0.2) is 0 Å². The van der Waals surface area contributed by atoms with Crippen molar-refractivity contribution in [3.63, 3.8) is 0 Å². The molecule has 1 rings (SSSR count). The van der Waals surface area contributed by atoms with Crippen LogP contribution in [-0.4, -0.2) is 12.2 Å². The molecule has 0 spiro atoms. The smallest absolute Gasteiger partial charge is 0.109 e. The Morgan fingerprint density at radius 1 is 2.00 bits per heavy atom. The van der Waals surface area contributed by atoms with E-state index in [9.17, 15) is 4.39 Å². The molecule has 56 valence electrons. The van der Waals surface area contributed by atoms with E-state index in [0.717, 1.165) is 0 Å². The zero-order valence-corrected chi connectivity index (χ0v) is 5.89. The number of hydrazine groups is 1. The SMILES string of the molecule is C#CC(NN)C1(C)CC1F. The molecular formula is C7H11FN2. The molecule has 1 aliphatic rings. The van der Waals surface area contributed by atoms with Crippen molar-refractivity contribution in [3.05, 3.63) is 0 Å². The van der Waals surface area contributed by atoms with Gasteiger partial charge in [0.05, 0.1) is 6.04 Å². The van der Waals surface area contributed by atoms with Crippen molar-refractivity contribution in [2.45, 2.75) is 25.6 Å². The minimum Gasteiger partial charge on any atom is -0.270 e. The summed E-state index contributed by atoms with van der Waals surface area (Å²) in [5.74, 6) is 7.52. The van der Waals surface area contributed by atoms with E-state index in [-0.39, 0.29) is 6.04 Å². The molecule has 0 radical (unpaired) electrons. The summed E-state index contributed by atoms with van der Waals surface area (Å²) in [6.45, 7) is 1.79. The highest BCUT2D eigenvalue weighted by molar-refractivity contribution is 5.17. The molecule has 2 nitrogen and oxygen atoms in total. The van der Waals surface area contributed by atoms with Gasteiger partial charge in [0.2, 0.25) is 0 Å². The Balaban J connectivity index is 2.57. The number of hydrogen-bond acceptors (Lipinski definition) is 2. The molecule has 1 aliphatic carbocycles. The molecule has 0 aliphatic heterocycles. The van der Waals surface area contributed by atoms with Gasteiger partial charge in [-0.1, -0.05) is 12.8 Å². The maximum atomic E-state index is 12.6. The van der Waals surface area contributed by atoms with Crippen LogP contribution in [0, 0.1) is 17.8 Å². The summed E-state index contributed by atoms with van der Waals surface area (Å²) < 4.78 is 12.6. The zero-order valence-electron chi connectivity index (χ0n) is 5.89. The van der Waals surface area contributed by atoms with Gasteiger partial charge in [-0.3, -0.25) is 5.84 Å². The standard InChI is InChI=1S/C7H11FN2/c1-3-6(10-9)7(2)4-5(7)8/h1,5-6,10H,4,9H2,2H3. The summed E-state index contributed by atoms with van der Waals surface area (Å²) in [6.07, 6.45) is 4.84. The van der Waals surface area contributed by atoms with Gasteiger partial charge < -0.3 is 0 Å². The molecule has 3 atom stereocenters. The summed E-state index contributed by atoms with van der Waals surface area (Å²) in [6, 6.07) is -0.331. The van der Waals surface area contributed by atoms with Crippen LogP contribution in [0.4, 0.5) is 4.39 Å². The molecule has 0 bridgehead atoms. The van der Waals surface area contributed by atoms with Crippen molar-refractivity contribution in [2.75, 3.05) is 0 Å². The Kier molecular flexibility index (Phi) is 1.67. The number of hydrogen-bond donors (Lipinski definition) is 2. The fourth-order valence-corrected chi connectivity index (χ4v) is 1.05. The van der Waals surface area contributed by atoms with Gasteiger partial charge in [-0.25, -0.2) is 9.82 Å². The molecule has 0 heterocycles. The number of nitrogens with one attached hydrogen (secondary N) is 1. The monoisotopic (exact) mass is 142 g/mol. The third kappa shape index (κ3) is 0.898. The molecule has 0 aromatic rings. The van der Waals surface area contributed by atoms with Crippen LogP contribution in [-0.2, 0) is 0 Å². The van der Waals surface area contributed by atoms with Crippen molar-refractivity contribution >= 4 is 0 Å². The van der Waals surface area contributed by atoms with Crippen molar-refractivity contribution in [3.8, 4) is 12.3 Å². The highest BCUT2D eigenvalue weighted by Gasteiger charge is 2.55. The van der Waals surface area contributed by atoms with Crippen LogP contribution < -0.4 is 11.3 Å². The maximum Gasteiger partial charge on any atom is 0.109 e. The van der Waals surface area contributed by atoms with E-state index in [1.54, 1.807) is 6.92 Å². The molecule has 0 saturated heterocycles. The lowest BCUT2D eigenvalue weighted by Gasteiger charge is -2.15.